The number of aromatic amines is 1. The van der Waals surface area contributed by atoms with Crippen LogP contribution in [0, 0.1) is 0 Å². The molecule has 0 aliphatic rings. The third-order valence-electron chi connectivity index (χ3n) is 3.20. The Bertz CT molecular complexity index is 688. The lowest BCUT2D eigenvalue weighted by Crippen LogP contribution is -1.95. The Morgan fingerprint density at radius 3 is 2.89 bits per heavy atom. The van der Waals surface area contributed by atoms with Gasteiger partial charge in [-0.15, -0.1) is 0 Å². The second kappa shape index (κ2) is 5.07. The van der Waals surface area contributed by atoms with E-state index in [2.05, 4.69) is 16.2 Å². The molecule has 2 aromatic heterocycles. The maximum atomic E-state index is 6.30. The number of halogens is 1. The minimum absolute atomic E-state index is 0.500. The SMILES string of the molecule is NCc1cc2cc(Cl)c(CCc3ccno3)cc2[nH]1. The van der Waals surface area contributed by atoms with Gasteiger partial charge in [-0.3, -0.25) is 0 Å². The van der Waals surface area contributed by atoms with Crippen LogP contribution in [0.4, 0.5) is 0 Å². The summed E-state index contributed by atoms with van der Waals surface area (Å²) in [6.07, 6.45) is 3.26. The zero-order chi connectivity index (χ0) is 13.2. The first-order valence-corrected chi connectivity index (χ1v) is 6.53. The zero-order valence-corrected chi connectivity index (χ0v) is 11.1. The summed E-state index contributed by atoms with van der Waals surface area (Å²) in [5.74, 6) is 0.866. The van der Waals surface area contributed by atoms with Crippen molar-refractivity contribution in [2.45, 2.75) is 19.4 Å². The molecule has 0 aliphatic heterocycles. The molecule has 0 saturated carbocycles. The Kier molecular flexibility index (Phi) is 3.27. The van der Waals surface area contributed by atoms with Crippen LogP contribution in [0.3, 0.4) is 0 Å². The number of fused-ring (bicyclic) bond motifs is 1. The Morgan fingerprint density at radius 1 is 1.26 bits per heavy atom. The van der Waals surface area contributed by atoms with Crippen molar-refractivity contribution < 1.29 is 4.52 Å². The molecule has 0 unspecified atom stereocenters. The van der Waals surface area contributed by atoms with E-state index in [1.165, 1.54) is 0 Å². The number of nitrogens with two attached hydrogens (primary N) is 1. The maximum absolute atomic E-state index is 6.30. The first-order chi connectivity index (χ1) is 9.26. The van der Waals surface area contributed by atoms with E-state index in [1.807, 2.05) is 18.2 Å². The Balaban J connectivity index is 1.88. The predicted molar refractivity (Wildman–Crippen MR) is 75.1 cm³/mol. The molecule has 4 nitrogen and oxygen atoms in total. The van der Waals surface area contributed by atoms with Gasteiger partial charge in [0.25, 0.3) is 0 Å². The van der Waals surface area contributed by atoms with Crippen LogP contribution >= 0.6 is 11.6 Å². The number of H-pyrrole nitrogens is 1. The van der Waals surface area contributed by atoms with Crippen molar-refractivity contribution in [1.82, 2.24) is 10.1 Å². The molecule has 0 bridgehead atoms. The third kappa shape index (κ3) is 2.50. The lowest BCUT2D eigenvalue weighted by Gasteiger charge is -2.03. The summed E-state index contributed by atoms with van der Waals surface area (Å²) in [5.41, 5.74) is 8.80. The van der Waals surface area contributed by atoms with Gasteiger partial charge < -0.3 is 15.2 Å². The summed E-state index contributed by atoms with van der Waals surface area (Å²) in [7, 11) is 0. The summed E-state index contributed by atoms with van der Waals surface area (Å²) >= 11 is 6.30. The molecule has 2 heterocycles. The van der Waals surface area contributed by atoms with Crippen LogP contribution in [0.15, 0.2) is 35.0 Å². The normalized spacial score (nSPS) is 11.3. The molecule has 3 aromatic rings. The van der Waals surface area contributed by atoms with Crippen LogP contribution in [-0.2, 0) is 19.4 Å². The fourth-order valence-corrected chi connectivity index (χ4v) is 2.46. The summed E-state index contributed by atoms with van der Waals surface area (Å²) < 4.78 is 5.09. The van der Waals surface area contributed by atoms with Gasteiger partial charge in [-0.2, -0.15) is 0 Å². The molecular weight excluding hydrogens is 262 g/mol. The van der Waals surface area contributed by atoms with Crippen LogP contribution in [0.25, 0.3) is 10.9 Å². The van der Waals surface area contributed by atoms with Crippen LogP contribution in [-0.4, -0.2) is 10.1 Å². The van der Waals surface area contributed by atoms with Crippen molar-refractivity contribution >= 4 is 22.5 Å². The molecule has 0 spiro atoms. The first-order valence-electron chi connectivity index (χ1n) is 6.16. The van der Waals surface area contributed by atoms with E-state index in [4.69, 9.17) is 21.9 Å². The molecule has 98 valence electrons. The van der Waals surface area contributed by atoms with E-state index in [0.717, 1.165) is 45.8 Å². The van der Waals surface area contributed by atoms with Gasteiger partial charge in [0.15, 0.2) is 0 Å². The lowest BCUT2D eigenvalue weighted by atomic mass is 10.1. The Morgan fingerprint density at radius 2 is 2.16 bits per heavy atom. The van der Waals surface area contributed by atoms with Crippen LogP contribution in [0.5, 0.6) is 0 Å². The van der Waals surface area contributed by atoms with Crippen LogP contribution in [0.1, 0.15) is 17.0 Å². The molecule has 0 atom stereocenters. The number of aromatic nitrogens is 2. The minimum atomic E-state index is 0.500. The fourth-order valence-electron chi connectivity index (χ4n) is 2.19. The van der Waals surface area contributed by atoms with Gasteiger partial charge in [0, 0.05) is 40.7 Å². The number of hydrogen-bond acceptors (Lipinski definition) is 3. The number of nitrogens with one attached hydrogen (secondary N) is 1. The summed E-state index contributed by atoms with van der Waals surface area (Å²) in [5, 5.41) is 5.56. The molecule has 0 saturated heterocycles. The second-order valence-corrected chi connectivity index (χ2v) is 4.92. The second-order valence-electron chi connectivity index (χ2n) is 4.51. The van der Waals surface area contributed by atoms with Crippen molar-refractivity contribution in [1.29, 1.82) is 0 Å². The fraction of sp³-hybridized carbons (Fsp3) is 0.214. The highest BCUT2D eigenvalue weighted by Gasteiger charge is 2.07. The van der Waals surface area contributed by atoms with Crippen LogP contribution < -0.4 is 5.73 Å². The maximum Gasteiger partial charge on any atom is 0.137 e. The number of benzene rings is 1. The van der Waals surface area contributed by atoms with Crippen LogP contribution in [0.2, 0.25) is 5.02 Å². The number of nitrogens with zero attached hydrogens (tertiary/aromatic N) is 1. The van der Waals surface area contributed by atoms with Crippen molar-refractivity contribution in [3.8, 4) is 0 Å². The van der Waals surface area contributed by atoms with E-state index >= 15 is 0 Å². The monoisotopic (exact) mass is 275 g/mol. The molecule has 5 heteroatoms. The molecule has 3 N–H and O–H groups in total. The summed E-state index contributed by atoms with van der Waals surface area (Å²) in [6, 6.07) is 7.95. The molecule has 0 radical (unpaired) electrons. The van der Waals surface area contributed by atoms with Gasteiger partial charge in [-0.1, -0.05) is 16.8 Å². The van der Waals surface area contributed by atoms with E-state index in [1.54, 1.807) is 6.20 Å². The van der Waals surface area contributed by atoms with Crippen molar-refractivity contribution in [3.63, 3.8) is 0 Å². The number of rotatable bonds is 4. The third-order valence-corrected chi connectivity index (χ3v) is 3.55. The van der Waals surface area contributed by atoms with Crippen molar-refractivity contribution in [2.24, 2.45) is 5.73 Å². The van der Waals surface area contributed by atoms with Crippen molar-refractivity contribution in [2.75, 3.05) is 0 Å². The Labute approximate surface area is 115 Å². The van der Waals surface area contributed by atoms with E-state index in [0.29, 0.717) is 6.54 Å². The van der Waals surface area contributed by atoms with Gasteiger partial charge in [0.2, 0.25) is 0 Å². The number of aryl methyl sites for hydroxylation is 2. The molecule has 1 aromatic carbocycles. The minimum Gasteiger partial charge on any atom is -0.361 e. The highest BCUT2D eigenvalue weighted by atomic mass is 35.5. The highest BCUT2D eigenvalue weighted by Crippen LogP contribution is 2.25. The van der Waals surface area contributed by atoms with Gasteiger partial charge in [0.1, 0.15) is 5.76 Å². The van der Waals surface area contributed by atoms with Gasteiger partial charge in [-0.25, -0.2) is 0 Å². The molecular formula is C14H14ClN3O. The molecule has 19 heavy (non-hydrogen) atoms. The lowest BCUT2D eigenvalue weighted by molar-refractivity contribution is 0.383. The average molecular weight is 276 g/mol. The standard InChI is InChI=1S/C14H14ClN3O/c15-13-6-10-5-11(8-16)18-14(10)7-9(13)1-2-12-3-4-17-19-12/h3-7,18H,1-2,8,16H2. The largest absolute Gasteiger partial charge is 0.361 e. The Hall–Kier alpha value is -1.78. The average Bonchev–Trinajstić information content (AvgIpc) is 3.04. The van der Waals surface area contributed by atoms with Gasteiger partial charge in [-0.05, 0) is 30.2 Å². The number of hydrogen-bond donors (Lipinski definition) is 2. The van der Waals surface area contributed by atoms with Gasteiger partial charge >= 0.3 is 0 Å². The summed E-state index contributed by atoms with van der Waals surface area (Å²) in [6.45, 7) is 0.500. The van der Waals surface area contributed by atoms with E-state index < -0.39 is 0 Å². The topological polar surface area (TPSA) is 67.8 Å². The van der Waals surface area contributed by atoms with Gasteiger partial charge in [0.05, 0.1) is 6.20 Å². The molecule has 0 fully saturated rings. The summed E-state index contributed by atoms with van der Waals surface area (Å²) in [4.78, 5) is 3.29. The highest BCUT2D eigenvalue weighted by molar-refractivity contribution is 6.32. The smallest absolute Gasteiger partial charge is 0.137 e. The van der Waals surface area contributed by atoms with E-state index in [-0.39, 0.29) is 0 Å². The molecule has 0 aliphatic carbocycles. The first kappa shape index (κ1) is 12.3. The van der Waals surface area contributed by atoms with E-state index in [9.17, 15) is 0 Å². The quantitative estimate of drug-likeness (QED) is 0.769. The molecule has 3 rings (SSSR count). The van der Waals surface area contributed by atoms with Crippen molar-refractivity contribution in [3.05, 3.63) is 52.5 Å². The molecule has 0 amide bonds. The predicted octanol–water partition coefficient (Wildman–Crippen LogP) is 3.05. The zero-order valence-electron chi connectivity index (χ0n) is 10.3.